The van der Waals surface area contributed by atoms with Gasteiger partial charge in [-0.15, -0.1) is 0 Å². The number of allylic oxidation sites excluding steroid dienone is 2. The van der Waals surface area contributed by atoms with Gasteiger partial charge in [0.2, 0.25) is 0 Å². The monoisotopic (exact) mass is 242 g/mol. The Kier molecular flexibility index (Phi) is 3.37. The average Bonchev–Trinajstić information content (AvgIpc) is 2.40. The first-order valence-corrected chi connectivity index (χ1v) is 7.06. The Labute approximate surface area is 109 Å². The number of nitrogens with two attached hydrogens (primary N) is 1. The summed E-state index contributed by atoms with van der Waals surface area (Å²) in [5, 5.41) is 0. The molecule has 0 aromatic heterocycles. The molecule has 1 aromatic carbocycles. The quantitative estimate of drug-likeness (QED) is 0.638. The molecule has 96 valence electrons. The van der Waals surface area contributed by atoms with Crippen LogP contribution in [0, 0.1) is 5.92 Å². The zero-order chi connectivity index (χ0) is 12.4. The molecule has 3 rings (SSSR count). The van der Waals surface area contributed by atoms with E-state index in [9.17, 15) is 0 Å². The number of benzene rings is 1. The third kappa shape index (κ3) is 2.59. The summed E-state index contributed by atoms with van der Waals surface area (Å²) < 4.78 is 0. The van der Waals surface area contributed by atoms with E-state index in [1.165, 1.54) is 43.5 Å². The van der Waals surface area contributed by atoms with Crippen LogP contribution in [0.2, 0.25) is 0 Å². The Bertz CT molecular complexity index is 450. The molecule has 1 heterocycles. The third-order valence-electron chi connectivity index (χ3n) is 4.22. The van der Waals surface area contributed by atoms with E-state index in [2.05, 4.69) is 29.2 Å². The van der Waals surface area contributed by atoms with Gasteiger partial charge in [0.1, 0.15) is 0 Å². The number of fused-ring (bicyclic) bond motifs is 1. The van der Waals surface area contributed by atoms with Crippen LogP contribution in [0.15, 0.2) is 30.4 Å². The molecule has 1 unspecified atom stereocenters. The molecule has 0 radical (unpaired) electrons. The summed E-state index contributed by atoms with van der Waals surface area (Å²) in [7, 11) is 0. The molecule has 2 heteroatoms. The Morgan fingerprint density at radius 2 is 2.17 bits per heavy atom. The van der Waals surface area contributed by atoms with Crippen LogP contribution in [0.3, 0.4) is 0 Å². The third-order valence-corrected chi connectivity index (χ3v) is 4.22. The van der Waals surface area contributed by atoms with E-state index in [0.717, 1.165) is 24.6 Å². The summed E-state index contributed by atoms with van der Waals surface area (Å²) in [4.78, 5) is 2.61. The largest absolute Gasteiger partial charge is 0.399 e. The molecule has 0 amide bonds. The van der Waals surface area contributed by atoms with Crippen LogP contribution in [0.25, 0.3) is 0 Å². The maximum atomic E-state index is 5.84. The summed E-state index contributed by atoms with van der Waals surface area (Å²) in [6, 6.07) is 6.39. The first-order chi connectivity index (χ1) is 8.81. The van der Waals surface area contributed by atoms with E-state index in [1.807, 2.05) is 6.07 Å². The summed E-state index contributed by atoms with van der Waals surface area (Å²) in [5.41, 5.74) is 9.67. The van der Waals surface area contributed by atoms with Crippen molar-refractivity contribution >= 4 is 5.69 Å². The van der Waals surface area contributed by atoms with Crippen molar-refractivity contribution in [3.8, 4) is 0 Å². The second-order valence-corrected chi connectivity index (χ2v) is 5.66. The highest BCUT2D eigenvalue weighted by Crippen LogP contribution is 2.25. The van der Waals surface area contributed by atoms with Crippen molar-refractivity contribution in [1.82, 2.24) is 4.90 Å². The lowest BCUT2D eigenvalue weighted by Crippen LogP contribution is -2.34. The molecule has 1 aromatic rings. The van der Waals surface area contributed by atoms with Crippen LogP contribution in [0.4, 0.5) is 5.69 Å². The van der Waals surface area contributed by atoms with E-state index < -0.39 is 0 Å². The van der Waals surface area contributed by atoms with E-state index in [1.54, 1.807) is 0 Å². The van der Waals surface area contributed by atoms with Crippen LogP contribution in [0.5, 0.6) is 0 Å². The molecule has 0 saturated heterocycles. The molecule has 0 spiro atoms. The van der Waals surface area contributed by atoms with E-state index in [4.69, 9.17) is 5.73 Å². The first kappa shape index (κ1) is 11.8. The van der Waals surface area contributed by atoms with Crippen LogP contribution in [-0.2, 0) is 13.0 Å². The molecule has 18 heavy (non-hydrogen) atoms. The van der Waals surface area contributed by atoms with Gasteiger partial charge in [-0.2, -0.15) is 0 Å². The van der Waals surface area contributed by atoms with Gasteiger partial charge in [-0.25, -0.2) is 0 Å². The van der Waals surface area contributed by atoms with Crippen molar-refractivity contribution in [2.45, 2.75) is 32.2 Å². The lowest BCUT2D eigenvalue weighted by Gasteiger charge is -2.32. The van der Waals surface area contributed by atoms with Gasteiger partial charge < -0.3 is 5.73 Å². The summed E-state index contributed by atoms with van der Waals surface area (Å²) >= 11 is 0. The van der Waals surface area contributed by atoms with Gasteiger partial charge in [-0.05, 0) is 54.9 Å². The molecule has 0 saturated carbocycles. The van der Waals surface area contributed by atoms with Crippen molar-refractivity contribution in [3.05, 3.63) is 41.5 Å². The van der Waals surface area contributed by atoms with Crippen LogP contribution in [0.1, 0.15) is 30.4 Å². The van der Waals surface area contributed by atoms with Gasteiger partial charge in [0.25, 0.3) is 0 Å². The summed E-state index contributed by atoms with van der Waals surface area (Å²) in [6.07, 6.45) is 9.73. The lowest BCUT2D eigenvalue weighted by atomic mass is 9.92. The number of hydrogen-bond donors (Lipinski definition) is 1. The number of nitrogens with zero attached hydrogens (tertiary/aromatic N) is 1. The molecule has 2 N–H and O–H groups in total. The minimum absolute atomic E-state index is 0.866. The Morgan fingerprint density at radius 1 is 1.22 bits per heavy atom. The molecule has 1 aliphatic carbocycles. The van der Waals surface area contributed by atoms with Crippen molar-refractivity contribution in [2.24, 2.45) is 5.92 Å². The number of rotatable bonds is 2. The molecule has 2 aliphatic rings. The second kappa shape index (κ2) is 5.15. The fraction of sp³-hybridized carbons (Fsp3) is 0.500. The highest BCUT2D eigenvalue weighted by Gasteiger charge is 2.19. The van der Waals surface area contributed by atoms with Gasteiger partial charge in [-0.1, -0.05) is 18.2 Å². The average molecular weight is 242 g/mol. The fourth-order valence-corrected chi connectivity index (χ4v) is 3.17. The van der Waals surface area contributed by atoms with Crippen molar-refractivity contribution in [1.29, 1.82) is 0 Å². The van der Waals surface area contributed by atoms with Gasteiger partial charge in [0.05, 0.1) is 0 Å². The maximum absolute atomic E-state index is 5.84. The van der Waals surface area contributed by atoms with E-state index >= 15 is 0 Å². The van der Waals surface area contributed by atoms with Gasteiger partial charge in [0, 0.05) is 25.3 Å². The minimum Gasteiger partial charge on any atom is -0.399 e. The molecule has 0 fully saturated rings. The maximum Gasteiger partial charge on any atom is 0.0316 e. The SMILES string of the molecule is Nc1ccc2c(c1)CCN(CC1CC=CCC1)C2. The Morgan fingerprint density at radius 3 is 3.00 bits per heavy atom. The van der Waals surface area contributed by atoms with Crippen LogP contribution >= 0.6 is 0 Å². The number of nitrogen functional groups attached to an aromatic ring is 1. The summed E-state index contributed by atoms with van der Waals surface area (Å²) in [5.74, 6) is 0.866. The second-order valence-electron chi connectivity index (χ2n) is 5.66. The zero-order valence-corrected chi connectivity index (χ0v) is 10.9. The minimum atomic E-state index is 0.866. The number of hydrogen-bond acceptors (Lipinski definition) is 2. The van der Waals surface area contributed by atoms with E-state index in [-0.39, 0.29) is 0 Å². The van der Waals surface area contributed by atoms with Gasteiger partial charge in [-0.3, -0.25) is 4.90 Å². The Hall–Kier alpha value is -1.28. The molecule has 1 aliphatic heterocycles. The Balaban J connectivity index is 1.64. The zero-order valence-electron chi connectivity index (χ0n) is 10.9. The van der Waals surface area contributed by atoms with Crippen LogP contribution in [-0.4, -0.2) is 18.0 Å². The van der Waals surface area contributed by atoms with E-state index in [0.29, 0.717) is 0 Å². The van der Waals surface area contributed by atoms with Crippen molar-refractivity contribution < 1.29 is 0 Å². The normalized spacial score (nSPS) is 23.9. The summed E-state index contributed by atoms with van der Waals surface area (Å²) in [6.45, 7) is 3.56. The highest BCUT2D eigenvalue weighted by atomic mass is 15.1. The fourth-order valence-electron chi connectivity index (χ4n) is 3.17. The molecule has 2 nitrogen and oxygen atoms in total. The molecule has 1 atom stereocenters. The first-order valence-electron chi connectivity index (χ1n) is 7.06. The lowest BCUT2D eigenvalue weighted by molar-refractivity contribution is 0.206. The number of anilines is 1. The van der Waals surface area contributed by atoms with Crippen molar-refractivity contribution in [3.63, 3.8) is 0 Å². The van der Waals surface area contributed by atoms with Crippen molar-refractivity contribution in [2.75, 3.05) is 18.8 Å². The standard InChI is InChI=1S/C16H22N2/c17-16-7-6-15-12-18(9-8-14(15)10-16)11-13-4-2-1-3-5-13/h1-2,6-7,10,13H,3-5,8-9,11-12,17H2. The molecular weight excluding hydrogens is 220 g/mol. The van der Waals surface area contributed by atoms with Gasteiger partial charge >= 0.3 is 0 Å². The predicted molar refractivity (Wildman–Crippen MR) is 76.3 cm³/mol. The topological polar surface area (TPSA) is 29.3 Å². The highest BCUT2D eigenvalue weighted by molar-refractivity contribution is 5.45. The van der Waals surface area contributed by atoms with Gasteiger partial charge in [0.15, 0.2) is 0 Å². The predicted octanol–water partition coefficient (Wildman–Crippen LogP) is 2.98. The smallest absolute Gasteiger partial charge is 0.0316 e. The molecule has 0 bridgehead atoms. The molecular formula is C16H22N2. The van der Waals surface area contributed by atoms with Crippen LogP contribution < -0.4 is 5.73 Å².